The Kier molecular flexibility index (Phi) is 5.70. The molecule has 0 spiro atoms. The first-order valence-electron chi connectivity index (χ1n) is 4.30. The molecule has 0 heterocycles. The summed E-state index contributed by atoms with van der Waals surface area (Å²) in [4.78, 5) is 22.0. The Morgan fingerprint density at radius 3 is 2.13 bits per heavy atom. The summed E-state index contributed by atoms with van der Waals surface area (Å²) in [7, 11) is 0. The van der Waals surface area contributed by atoms with E-state index >= 15 is 0 Å². The number of hydrogen-bond donors (Lipinski definition) is 2. The van der Waals surface area contributed by atoms with Gasteiger partial charge in [0.05, 0.1) is 0 Å². The van der Waals surface area contributed by atoms with Crippen LogP contribution >= 0.6 is 34.8 Å². The topological polar surface area (TPSA) is 66.4 Å². The minimum Gasteiger partial charge on any atom is -0.480 e. The predicted octanol–water partition coefficient (Wildman–Crippen LogP) is 1.97. The number of rotatable bonds is 4. The van der Waals surface area contributed by atoms with Crippen LogP contribution in [0.25, 0.3) is 0 Å². The third-order valence-corrected chi connectivity index (χ3v) is 2.54. The van der Waals surface area contributed by atoms with Crippen molar-refractivity contribution in [2.45, 2.75) is 30.1 Å². The summed E-state index contributed by atoms with van der Waals surface area (Å²) in [6.07, 6.45) is 0.594. The van der Waals surface area contributed by atoms with Crippen LogP contribution in [0, 0.1) is 5.92 Å². The largest absolute Gasteiger partial charge is 0.480 e. The molecule has 0 saturated heterocycles. The summed E-state index contributed by atoms with van der Waals surface area (Å²) in [5, 5.41) is 11.0. The molecule has 7 heteroatoms. The second-order valence-corrected chi connectivity index (χ2v) is 5.45. The van der Waals surface area contributed by atoms with Crippen LogP contribution in [0.15, 0.2) is 0 Å². The summed E-state index contributed by atoms with van der Waals surface area (Å²) >= 11 is 15.9. The predicted molar refractivity (Wildman–Crippen MR) is 59.3 cm³/mol. The van der Waals surface area contributed by atoms with E-state index in [0.29, 0.717) is 6.42 Å². The maximum Gasteiger partial charge on any atom is 0.326 e. The summed E-state index contributed by atoms with van der Waals surface area (Å²) in [5.74, 6) is -2.31. The molecule has 0 aliphatic rings. The van der Waals surface area contributed by atoms with Crippen molar-refractivity contribution >= 4 is 46.7 Å². The molecule has 2 N–H and O–H groups in total. The second-order valence-electron chi connectivity index (χ2n) is 3.17. The molecule has 0 bridgehead atoms. The van der Waals surface area contributed by atoms with Crippen molar-refractivity contribution in [3.8, 4) is 0 Å². The molecule has 0 radical (unpaired) electrons. The molecular weight excluding hydrogens is 264 g/mol. The van der Waals surface area contributed by atoms with Gasteiger partial charge in [0.25, 0.3) is 9.70 Å². The van der Waals surface area contributed by atoms with Crippen molar-refractivity contribution in [3.05, 3.63) is 0 Å². The quantitative estimate of drug-likeness (QED) is 0.772. The lowest BCUT2D eigenvalue weighted by Gasteiger charge is -2.22. The maximum absolute atomic E-state index is 11.2. The number of hydrogen-bond acceptors (Lipinski definition) is 2. The van der Waals surface area contributed by atoms with Crippen LogP contribution in [-0.4, -0.2) is 26.8 Å². The number of alkyl halides is 3. The molecule has 15 heavy (non-hydrogen) atoms. The van der Waals surface area contributed by atoms with Crippen molar-refractivity contribution in [2.24, 2.45) is 5.92 Å². The fourth-order valence-electron chi connectivity index (χ4n) is 0.906. The first kappa shape index (κ1) is 14.8. The number of nitrogens with one attached hydrogen (secondary N) is 1. The Morgan fingerprint density at radius 1 is 1.40 bits per heavy atom. The molecule has 0 aliphatic heterocycles. The molecule has 0 unspecified atom stereocenters. The van der Waals surface area contributed by atoms with E-state index in [1.54, 1.807) is 6.92 Å². The van der Waals surface area contributed by atoms with Crippen LogP contribution in [0.3, 0.4) is 0 Å². The van der Waals surface area contributed by atoms with Gasteiger partial charge in [0, 0.05) is 0 Å². The zero-order valence-corrected chi connectivity index (χ0v) is 10.5. The monoisotopic (exact) mass is 275 g/mol. The van der Waals surface area contributed by atoms with E-state index < -0.39 is 21.7 Å². The highest BCUT2D eigenvalue weighted by atomic mass is 35.6. The van der Waals surface area contributed by atoms with Gasteiger partial charge in [0.1, 0.15) is 6.04 Å². The van der Waals surface area contributed by atoms with Crippen LogP contribution in [0.2, 0.25) is 0 Å². The average molecular weight is 277 g/mol. The van der Waals surface area contributed by atoms with E-state index in [2.05, 4.69) is 5.32 Å². The van der Waals surface area contributed by atoms with Crippen LogP contribution in [0.4, 0.5) is 0 Å². The molecule has 0 saturated carbocycles. The van der Waals surface area contributed by atoms with Gasteiger partial charge in [0.15, 0.2) is 0 Å². The van der Waals surface area contributed by atoms with Crippen LogP contribution in [0.5, 0.6) is 0 Å². The molecule has 0 aliphatic carbocycles. The lowest BCUT2D eigenvalue weighted by molar-refractivity contribution is -0.143. The highest BCUT2D eigenvalue weighted by Crippen LogP contribution is 2.26. The van der Waals surface area contributed by atoms with Gasteiger partial charge in [-0.3, -0.25) is 4.79 Å². The van der Waals surface area contributed by atoms with Gasteiger partial charge in [-0.1, -0.05) is 55.1 Å². The zero-order chi connectivity index (χ0) is 12.2. The van der Waals surface area contributed by atoms with E-state index in [1.165, 1.54) is 0 Å². The normalized spacial score (nSPS) is 15.5. The Bertz CT molecular complexity index is 252. The Hall–Kier alpha value is -0.190. The third-order valence-electron chi connectivity index (χ3n) is 2.02. The van der Waals surface area contributed by atoms with Crippen molar-refractivity contribution in [3.63, 3.8) is 0 Å². The van der Waals surface area contributed by atoms with Gasteiger partial charge in [0.2, 0.25) is 0 Å². The third kappa shape index (κ3) is 4.91. The van der Waals surface area contributed by atoms with Crippen LogP contribution in [0.1, 0.15) is 20.3 Å². The lowest BCUT2D eigenvalue weighted by Crippen LogP contribution is -2.48. The molecular formula is C8H12Cl3NO3. The minimum absolute atomic E-state index is 0.237. The Balaban J connectivity index is 4.57. The second kappa shape index (κ2) is 5.77. The van der Waals surface area contributed by atoms with Gasteiger partial charge < -0.3 is 10.4 Å². The van der Waals surface area contributed by atoms with Crippen molar-refractivity contribution in [1.29, 1.82) is 0 Å². The van der Waals surface area contributed by atoms with E-state index in [0.717, 1.165) is 0 Å². The molecule has 0 rings (SSSR count). The van der Waals surface area contributed by atoms with Gasteiger partial charge in [-0.15, -0.1) is 0 Å². The molecule has 88 valence electrons. The number of amides is 1. The SMILES string of the molecule is CC[C@H](C)[C@H](NC(=O)C(Cl)(Cl)Cl)C(=O)O. The highest BCUT2D eigenvalue weighted by Gasteiger charge is 2.35. The minimum atomic E-state index is -2.14. The molecule has 2 atom stereocenters. The molecule has 4 nitrogen and oxygen atoms in total. The summed E-state index contributed by atoms with van der Waals surface area (Å²) in [6.45, 7) is 3.50. The molecule has 0 fully saturated rings. The number of carbonyl (C=O) groups is 2. The lowest BCUT2D eigenvalue weighted by atomic mass is 9.99. The first-order valence-corrected chi connectivity index (χ1v) is 5.44. The van der Waals surface area contributed by atoms with Crippen molar-refractivity contribution in [2.75, 3.05) is 0 Å². The fourth-order valence-corrected chi connectivity index (χ4v) is 1.07. The van der Waals surface area contributed by atoms with E-state index in [9.17, 15) is 9.59 Å². The molecule has 0 aromatic heterocycles. The van der Waals surface area contributed by atoms with Gasteiger partial charge in [-0.25, -0.2) is 4.79 Å². The average Bonchev–Trinajstić information content (AvgIpc) is 2.10. The maximum atomic E-state index is 11.2. The number of halogens is 3. The first-order chi connectivity index (χ1) is 6.70. The van der Waals surface area contributed by atoms with E-state index in [1.807, 2.05) is 6.92 Å². The Morgan fingerprint density at radius 2 is 1.87 bits per heavy atom. The Labute approximate surface area is 103 Å². The number of carboxylic acid groups (broad SMARTS) is 1. The zero-order valence-electron chi connectivity index (χ0n) is 8.26. The van der Waals surface area contributed by atoms with Crippen molar-refractivity contribution < 1.29 is 14.7 Å². The van der Waals surface area contributed by atoms with Gasteiger partial charge in [-0.05, 0) is 5.92 Å². The molecule has 0 aromatic rings. The number of carbonyl (C=O) groups excluding carboxylic acids is 1. The number of aliphatic carboxylic acids is 1. The smallest absolute Gasteiger partial charge is 0.326 e. The van der Waals surface area contributed by atoms with Crippen LogP contribution in [-0.2, 0) is 9.59 Å². The van der Waals surface area contributed by atoms with E-state index in [4.69, 9.17) is 39.9 Å². The summed E-state index contributed by atoms with van der Waals surface area (Å²) in [6, 6.07) is -1.04. The summed E-state index contributed by atoms with van der Waals surface area (Å²) in [5.41, 5.74) is 0. The van der Waals surface area contributed by atoms with Crippen LogP contribution < -0.4 is 5.32 Å². The summed E-state index contributed by atoms with van der Waals surface area (Å²) < 4.78 is -2.14. The van der Waals surface area contributed by atoms with Gasteiger partial charge >= 0.3 is 5.97 Å². The van der Waals surface area contributed by atoms with Crippen molar-refractivity contribution in [1.82, 2.24) is 5.32 Å². The van der Waals surface area contributed by atoms with E-state index in [-0.39, 0.29) is 5.92 Å². The van der Waals surface area contributed by atoms with Gasteiger partial charge in [-0.2, -0.15) is 0 Å². The fraction of sp³-hybridized carbons (Fsp3) is 0.750. The highest BCUT2D eigenvalue weighted by molar-refractivity contribution is 6.76. The standard InChI is InChI=1S/C8H12Cl3NO3/c1-3-4(2)5(6(13)14)12-7(15)8(9,10)11/h4-5H,3H2,1-2H3,(H,12,15)(H,13,14)/t4-,5-/m0/s1. The number of carboxylic acids is 1. The molecule has 0 aromatic carbocycles. The molecule has 1 amide bonds.